The van der Waals surface area contributed by atoms with Gasteiger partial charge in [-0.25, -0.2) is 0 Å². The third-order valence-corrected chi connectivity index (χ3v) is 1.84. The van der Waals surface area contributed by atoms with Crippen LogP contribution in [0.4, 0.5) is 11.4 Å². The lowest BCUT2D eigenvalue weighted by Crippen LogP contribution is -2.18. The summed E-state index contributed by atoms with van der Waals surface area (Å²) in [7, 11) is 1.45. The Morgan fingerprint density at radius 1 is 1.53 bits per heavy atom. The molecule has 0 heterocycles. The van der Waals surface area contributed by atoms with Crippen molar-refractivity contribution in [3.63, 3.8) is 0 Å². The van der Waals surface area contributed by atoms with Crippen LogP contribution in [-0.4, -0.2) is 17.9 Å². The molecule has 1 amide bonds. The molecule has 15 heavy (non-hydrogen) atoms. The van der Waals surface area contributed by atoms with Crippen molar-refractivity contribution < 1.29 is 9.72 Å². The zero-order chi connectivity index (χ0) is 11.4. The van der Waals surface area contributed by atoms with Crippen LogP contribution in [0.2, 0.25) is 0 Å². The summed E-state index contributed by atoms with van der Waals surface area (Å²) in [5.41, 5.74) is 2.32. The number of nitrogens with zero attached hydrogens (tertiary/aromatic N) is 1. The Labute approximate surface area is 85.4 Å². The van der Waals surface area contributed by atoms with Crippen molar-refractivity contribution in [3.8, 4) is 0 Å². The highest BCUT2D eigenvalue weighted by molar-refractivity contribution is 5.95. The molecular weight excluding hydrogens is 200 g/mol. The molecule has 0 saturated heterocycles. The second-order valence-corrected chi connectivity index (χ2v) is 2.71. The van der Waals surface area contributed by atoms with Gasteiger partial charge >= 0.3 is 0 Å². The maximum absolute atomic E-state index is 11.2. The smallest absolute Gasteiger partial charge is 0.294 e. The van der Waals surface area contributed by atoms with Gasteiger partial charge in [0, 0.05) is 18.7 Å². The quantitative estimate of drug-likeness (QED) is 0.376. The van der Waals surface area contributed by atoms with E-state index in [1.807, 2.05) is 0 Å². The highest BCUT2D eigenvalue weighted by atomic mass is 16.6. The van der Waals surface area contributed by atoms with E-state index in [0.29, 0.717) is 0 Å². The summed E-state index contributed by atoms with van der Waals surface area (Å²) in [4.78, 5) is 21.2. The standard InChI is InChI=1S/C8H10N4O3/c1-10-8(13)5-2-3-6(11-9)7(4-5)12(14)15/h2-4,11H,9H2,1H3,(H,10,13). The monoisotopic (exact) mass is 210 g/mol. The molecular formula is C8H10N4O3. The number of hydrogen-bond acceptors (Lipinski definition) is 5. The maximum atomic E-state index is 11.2. The zero-order valence-corrected chi connectivity index (χ0v) is 7.98. The minimum Gasteiger partial charge on any atom is -0.355 e. The predicted octanol–water partition coefficient (Wildman–Crippen LogP) is 0.240. The molecule has 0 aliphatic carbocycles. The van der Waals surface area contributed by atoms with Crippen LogP contribution < -0.4 is 16.6 Å². The fraction of sp³-hybridized carbons (Fsp3) is 0.125. The van der Waals surface area contributed by atoms with Crippen molar-refractivity contribution in [2.24, 2.45) is 5.84 Å². The third-order valence-electron chi connectivity index (χ3n) is 1.84. The zero-order valence-electron chi connectivity index (χ0n) is 7.98. The van der Waals surface area contributed by atoms with E-state index in [0.717, 1.165) is 6.07 Å². The average molecular weight is 210 g/mol. The van der Waals surface area contributed by atoms with E-state index in [9.17, 15) is 14.9 Å². The SMILES string of the molecule is CNC(=O)c1ccc(NN)c([N+](=O)[O-])c1. The fourth-order valence-corrected chi connectivity index (χ4v) is 1.09. The van der Waals surface area contributed by atoms with Gasteiger partial charge in [-0.1, -0.05) is 0 Å². The lowest BCUT2D eigenvalue weighted by molar-refractivity contribution is -0.384. The van der Waals surface area contributed by atoms with E-state index < -0.39 is 4.92 Å². The van der Waals surface area contributed by atoms with E-state index in [2.05, 4.69) is 10.7 Å². The minimum atomic E-state index is -0.609. The molecule has 0 aliphatic rings. The molecule has 0 atom stereocenters. The van der Waals surface area contributed by atoms with Crippen LogP contribution in [0.25, 0.3) is 0 Å². The number of nitrogens with two attached hydrogens (primary N) is 1. The summed E-state index contributed by atoms with van der Waals surface area (Å²) in [5.74, 6) is 4.70. The second kappa shape index (κ2) is 4.38. The Bertz CT molecular complexity index is 405. The molecule has 80 valence electrons. The molecule has 0 radical (unpaired) electrons. The Morgan fingerprint density at radius 3 is 2.67 bits per heavy atom. The topological polar surface area (TPSA) is 110 Å². The normalized spacial score (nSPS) is 9.47. The van der Waals surface area contributed by atoms with Gasteiger partial charge in [-0.3, -0.25) is 20.8 Å². The molecule has 1 aromatic carbocycles. The number of hydrogen-bond donors (Lipinski definition) is 3. The summed E-state index contributed by atoms with van der Waals surface area (Å²) < 4.78 is 0. The highest BCUT2D eigenvalue weighted by Gasteiger charge is 2.15. The molecule has 0 aliphatic heterocycles. The first kappa shape index (κ1) is 10.9. The van der Waals surface area contributed by atoms with Gasteiger partial charge in [0.25, 0.3) is 11.6 Å². The van der Waals surface area contributed by atoms with E-state index in [-0.39, 0.29) is 22.8 Å². The van der Waals surface area contributed by atoms with Crippen molar-refractivity contribution in [2.75, 3.05) is 12.5 Å². The predicted molar refractivity (Wildman–Crippen MR) is 54.3 cm³/mol. The number of nitro groups is 1. The summed E-state index contributed by atoms with van der Waals surface area (Å²) in [6, 6.07) is 3.98. The summed E-state index contributed by atoms with van der Waals surface area (Å²) in [6.07, 6.45) is 0. The molecule has 0 spiro atoms. The van der Waals surface area contributed by atoms with Gasteiger partial charge in [0.1, 0.15) is 5.69 Å². The Morgan fingerprint density at radius 2 is 2.20 bits per heavy atom. The number of nitrogens with one attached hydrogen (secondary N) is 2. The van der Waals surface area contributed by atoms with Crippen LogP contribution in [0.1, 0.15) is 10.4 Å². The molecule has 4 N–H and O–H groups in total. The largest absolute Gasteiger partial charge is 0.355 e. The van der Waals surface area contributed by atoms with Crippen molar-refractivity contribution in [3.05, 3.63) is 33.9 Å². The van der Waals surface area contributed by atoms with Gasteiger partial charge in [-0.2, -0.15) is 0 Å². The second-order valence-electron chi connectivity index (χ2n) is 2.71. The molecule has 7 nitrogen and oxygen atoms in total. The molecule has 0 bridgehead atoms. The van der Waals surface area contributed by atoms with Crippen LogP contribution in [0.15, 0.2) is 18.2 Å². The Kier molecular flexibility index (Phi) is 3.19. The van der Waals surface area contributed by atoms with Crippen LogP contribution >= 0.6 is 0 Å². The van der Waals surface area contributed by atoms with E-state index in [4.69, 9.17) is 5.84 Å². The van der Waals surface area contributed by atoms with Gasteiger partial charge in [0.2, 0.25) is 0 Å². The van der Waals surface area contributed by atoms with Crippen LogP contribution in [-0.2, 0) is 0 Å². The first-order valence-corrected chi connectivity index (χ1v) is 4.07. The molecule has 0 fully saturated rings. The summed E-state index contributed by atoms with van der Waals surface area (Å²) in [6.45, 7) is 0. The number of carbonyl (C=O) groups excluding carboxylic acids is 1. The first-order chi connectivity index (χ1) is 7.10. The lowest BCUT2D eigenvalue weighted by Gasteiger charge is -2.03. The minimum absolute atomic E-state index is 0.160. The number of nitrogen functional groups attached to an aromatic ring is 1. The highest BCUT2D eigenvalue weighted by Crippen LogP contribution is 2.24. The van der Waals surface area contributed by atoms with Crippen molar-refractivity contribution in [2.45, 2.75) is 0 Å². The number of rotatable bonds is 3. The fourth-order valence-electron chi connectivity index (χ4n) is 1.09. The van der Waals surface area contributed by atoms with E-state index in [1.54, 1.807) is 0 Å². The number of carbonyl (C=O) groups is 1. The first-order valence-electron chi connectivity index (χ1n) is 4.07. The summed E-state index contributed by atoms with van der Waals surface area (Å²) >= 11 is 0. The molecule has 1 rings (SSSR count). The van der Waals surface area contributed by atoms with Crippen molar-refractivity contribution >= 4 is 17.3 Å². The number of nitro benzene ring substituents is 1. The molecule has 1 aromatic rings. The average Bonchev–Trinajstić information content (AvgIpc) is 2.27. The maximum Gasteiger partial charge on any atom is 0.294 e. The number of anilines is 1. The van der Waals surface area contributed by atoms with E-state index >= 15 is 0 Å². The third kappa shape index (κ3) is 2.20. The van der Waals surface area contributed by atoms with Gasteiger partial charge in [-0.05, 0) is 12.1 Å². The molecule has 7 heteroatoms. The number of benzene rings is 1. The van der Waals surface area contributed by atoms with Gasteiger partial charge in [0.15, 0.2) is 0 Å². The molecule has 0 unspecified atom stereocenters. The Hall–Kier alpha value is -2.15. The van der Waals surface area contributed by atoms with E-state index in [1.165, 1.54) is 19.2 Å². The number of hydrazine groups is 1. The van der Waals surface area contributed by atoms with Crippen molar-refractivity contribution in [1.29, 1.82) is 0 Å². The van der Waals surface area contributed by atoms with Crippen LogP contribution in [0.5, 0.6) is 0 Å². The van der Waals surface area contributed by atoms with Gasteiger partial charge in [0.05, 0.1) is 4.92 Å². The van der Waals surface area contributed by atoms with Crippen LogP contribution in [0, 0.1) is 10.1 Å². The van der Waals surface area contributed by atoms with Crippen LogP contribution in [0.3, 0.4) is 0 Å². The Balaban J connectivity index is 3.22. The molecule has 0 saturated carbocycles. The lowest BCUT2D eigenvalue weighted by atomic mass is 10.1. The molecule has 0 aromatic heterocycles. The number of amides is 1. The van der Waals surface area contributed by atoms with Crippen molar-refractivity contribution in [1.82, 2.24) is 5.32 Å². The van der Waals surface area contributed by atoms with Gasteiger partial charge < -0.3 is 10.7 Å². The summed E-state index contributed by atoms with van der Waals surface area (Å²) in [5, 5.41) is 13.0. The van der Waals surface area contributed by atoms with Gasteiger partial charge in [-0.15, -0.1) is 0 Å².